The lowest BCUT2D eigenvalue weighted by Gasteiger charge is -2.19. The molecule has 3 aromatic rings. The summed E-state index contributed by atoms with van der Waals surface area (Å²) >= 11 is 0. The fourth-order valence-electron chi connectivity index (χ4n) is 4.18. The molecule has 12 heteroatoms. The van der Waals surface area contributed by atoms with Crippen LogP contribution < -0.4 is 16.2 Å². The number of rotatable bonds is 5. The summed E-state index contributed by atoms with van der Waals surface area (Å²) in [6, 6.07) is 16.7. The summed E-state index contributed by atoms with van der Waals surface area (Å²) in [6.07, 6.45) is -5.69. The third-order valence-electron chi connectivity index (χ3n) is 5.93. The highest BCUT2D eigenvalue weighted by atomic mass is 19.4. The summed E-state index contributed by atoms with van der Waals surface area (Å²) in [5, 5.41) is 10.7. The first-order valence-electron chi connectivity index (χ1n) is 11.2. The minimum Gasteiger partial charge on any atom is -0.474 e. The number of carboxylic acid groups (broad SMARTS) is 1. The third kappa shape index (κ3) is 5.59. The molecule has 3 aromatic carbocycles. The van der Waals surface area contributed by atoms with Gasteiger partial charge >= 0.3 is 24.1 Å². The van der Waals surface area contributed by atoms with E-state index in [2.05, 4.69) is 0 Å². The summed E-state index contributed by atoms with van der Waals surface area (Å²) < 4.78 is 43.9. The van der Waals surface area contributed by atoms with Crippen molar-refractivity contribution in [1.82, 2.24) is 16.2 Å². The number of aliphatic carboxylic acids is 1. The van der Waals surface area contributed by atoms with Crippen LogP contribution >= 0.6 is 0 Å². The van der Waals surface area contributed by atoms with Gasteiger partial charge in [0.25, 0.3) is 5.91 Å². The first-order chi connectivity index (χ1) is 18.1. The number of fused-ring (bicyclic) bond motifs is 3. The van der Waals surface area contributed by atoms with Crippen molar-refractivity contribution in [2.45, 2.75) is 18.1 Å². The zero-order chi connectivity index (χ0) is 27.4. The second-order valence-corrected chi connectivity index (χ2v) is 8.27. The zero-order valence-corrected chi connectivity index (χ0v) is 19.4. The van der Waals surface area contributed by atoms with Crippen molar-refractivity contribution in [3.63, 3.8) is 0 Å². The average Bonchev–Trinajstić information content (AvgIpc) is 3.22. The van der Waals surface area contributed by atoms with Crippen molar-refractivity contribution < 1.29 is 42.2 Å². The molecule has 1 aliphatic carbocycles. The molecule has 0 aromatic heterocycles. The van der Waals surface area contributed by atoms with Crippen molar-refractivity contribution in [1.29, 1.82) is 0 Å². The maximum atomic E-state index is 12.9. The number of amides is 3. The molecule has 38 heavy (non-hydrogen) atoms. The first kappa shape index (κ1) is 26.2. The van der Waals surface area contributed by atoms with Crippen molar-refractivity contribution in [2.24, 2.45) is 0 Å². The van der Waals surface area contributed by atoms with E-state index in [4.69, 9.17) is 9.84 Å². The largest absolute Gasteiger partial charge is 0.474 e. The number of hydrogen-bond acceptors (Lipinski definition) is 5. The van der Waals surface area contributed by atoms with Gasteiger partial charge in [-0.15, -0.1) is 0 Å². The van der Waals surface area contributed by atoms with E-state index in [1.54, 1.807) is 0 Å². The Morgan fingerprint density at radius 2 is 1.39 bits per heavy atom. The lowest BCUT2D eigenvalue weighted by molar-refractivity contribution is -0.151. The summed E-state index contributed by atoms with van der Waals surface area (Å²) in [5.41, 5.74) is 6.78. The fraction of sp³-hybridized carbons (Fsp3) is 0.154. The van der Waals surface area contributed by atoms with Crippen LogP contribution in [0, 0.1) is 0 Å². The third-order valence-corrected chi connectivity index (χ3v) is 5.93. The molecule has 1 aliphatic rings. The van der Waals surface area contributed by atoms with Gasteiger partial charge < -0.3 is 15.2 Å². The summed E-state index contributed by atoms with van der Waals surface area (Å²) in [4.78, 5) is 47.6. The van der Waals surface area contributed by atoms with Crippen LogP contribution in [0.15, 0.2) is 72.8 Å². The monoisotopic (exact) mass is 527 g/mol. The minimum absolute atomic E-state index is 0.0617. The van der Waals surface area contributed by atoms with Gasteiger partial charge in [0.1, 0.15) is 12.6 Å². The Morgan fingerprint density at radius 3 is 1.92 bits per heavy atom. The van der Waals surface area contributed by atoms with Crippen LogP contribution in [0.1, 0.15) is 34.2 Å². The van der Waals surface area contributed by atoms with E-state index in [0.29, 0.717) is 12.1 Å². The van der Waals surface area contributed by atoms with Crippen LogP contribution in [0.3, 0.4) is 0 Å². The Kier molecular flexibility index (Phi) is 7.33. The lowest BCUT2D eigenvalue weighted by atomic mass is 9.98. The molecule has 9 nitrogen and oxygen atoms in total. The number of carbonyl (C=O) groups excluding carboxylic acids is 3. The molecule has 0 fully saturated rings. The number of ether oxygens (including phenoxy) is 1. The van der Waals surface area contributed by atoms with E-state index in [0.717, 1.165) is 34.4 Å². The van der Waals surface area contributed by atoms with Gasteiger partial charge in [-0.05, 0) is 39.9 Å². The predicted octanol–water partition coefficient (Wildman–Crippen LogP) is 3.52. The molecule has 0 aliphatic heterocycles. The number of nitrogens with one attached hydrogen (secondary N) is 3. The van der Waals surface area contributed by atoms with Gasteiger partial charge in [0, 0.05) is 5.92 Å². The molecule has 4 rings (SSSR count). The zero-order valence-electron chi connectivity index (χ0n) is 19.4. The van der Waals surface area contributed by atoms with E-state index >= 15 is 0 Å². The Balaban J connectivity index is 1.41. The van der Waals surface area contributed by atoms with Gasteiger partial charge in [0.05, 0.1) is 5.56 Å². The van der Waals surface area contributed by atoms with Crippen molar-refractivity contribution in [2.75, 3.05) is 6.61 Å². The SMILES string of the molecule is O=C(NNC(=O)C(NC(=O)C(=O)O)c1ccc(C(F)(F)F)cc1)OCC1c2ccccc2-c2ccccc21. The second-order valence-electron chi connectivity index (χ2n) is 8.27. The normalized spacial score (nSPS) is 13.0. The molecule has 4 N–H and O–H groups in total. The molecule has 3 amide bonds. The Morgan fingerprint density at radius 1 is 0.842 bits per heavy atom. The van der Waals surface area contributed by atoms with Gasteiger partial charge in [0.15, 0.2) is 0 Å². The molecule has 0 saturated heterocycles. The molecule has 0 radical (unpaired) electrons. The molecule has 0 bridgehead atoms. The van der Waals surface area contributed by atoms with Crippen LogP contribution in [0.5, 0.6) is 0 Å². The lowest BCUT2D eigenvalue weighted by Crippen LogP contribution is -2.49. The van der Waals surface area contributed by atoms with E-state index < -0.39 is 41.7 Å². The van der Waals surface area contributed by atoms with E-state index in [-0.39, 0.29) is 18.1 Å². The quantitative estimate of drug-likeness (QED) is 0.296. The highest BCUT2D eigenvalue weighted by molar-refractivity contribution is 6.32. The van der Waals surface area contributed by atoms with Crippen LogP contribution in [-0.4, -0.2) is 35.6 Å². The van der Waals surface area contributed by atoms with Crippen LogP contribution in [0.2, 0.25) is 0 Å². The average molecular weight is 527 g/mol. The van der Waals surface area contributed by atoms with Gasteiger partial charge in [0.2, 0.25) is 0 Å². The maximum Gasteiger partial charge on any atom is 0.426 e. The number of halogens is 3. The van der Waals surface area contributed by atoms with Gasteiger partial charge in [-0.25, -0.2) is 15.0 Å². The minimum atomic E-state index is -4.65. The second kappa shape index (κ2) is 10.6. The van der Waals surface area contributed by atoms with Crippen molar-refractivity contribution in [3.05, 3.63) is 95.1 Å². The molecular weight excluding hydrogens is 507 g/mol. The number of benzene rings is 3. The molecule has 196 valence electrons. The van der Waals surface area contributed by atoms with E-state index in [1.165, 1.54) is 0 Å². The number of hydrogen-bond donors (Lipinski definition) is 4. The van der Waals surface area contributed by atoms with Crippen LogP contribution in [-0.2, 0) is 25.3 Å². The van der Waals surface area contributed by atoms with Gasteiger partial charge in [-0.3, -0.25) is 15.0 Å². The van der Waals surface area contributed by atoms with Crippen LogP contribution in [0.4, 0.5) is 18.0 Å². The Bertz CT molecular complexity index is 1350. The smallest absolute Gasteiger partial charge is 0.426 e. The summed E-state index contributed by atoms with van der Waals surface area (Å²) in [5.74, 6) is -4.86. The van der Waals surface area contributed by atoms with E-state index in [9.17, 15) is 32.3 Å². The molecule has 0 heterocycles. The highest BCUT2D eigenvalue weighted by Gasteiger charge is 2.32. The predicted molar refractivity (Wildman–Crippen MR) is 126 cm³/mol. The Labute approximate surface area is 213 Å². The first-order valence-corrected chi connectivity index (χ1v) is 11.2. The summed E-state index contributed by atoms with van der Waals surface area (Å²) in [6.45, 7) is -0.0617. The molecular formula is C26H20F3N3O6. The number of alkyl halides is 3. The number of hydrazine groups is 1. The standard InChI is InChI=1S/C26H20F3N3O6/c27-26(28,29)15-11-9-14(10-12-15)21(30-23(34)24(35)36)22(33)31-32-25(37)38-13-20-18-7-3-1-5-16(18)17-6-2-4-8-19(17)20/h1-12,20-21H,13H2,(H,30,34)(H,31,33)(H,32,37)(H,35,36). The molecule has 1 atom stereocenters. The van der Waals surface area contributed by atoms with Crippen LogP contribution in [0.25, 0.3) is 11.1 Å². The van der Waals surface area contributed by atoms with Crippen molar-refractivity contribution >= 4 is 23.9 Å². The Hall–Kier alpha value is -4.87. The molecule has 1 unspecified atom stereocenters. The van der Waals surface area contributed by atoms with Gasteiger partial charge in [-0.2, -0.15) is 13.2 Å². The summed E-state index contributed by atoms with van der Waals surface area (Å²) in [7, 11) is 0. The molecule has 0 spiro atoms. The maximum absolute atomic E-state index is 12.9. The van der Waals surface area contributed by atoms with Crippen molar-refractivity contribution in [3.8, 4) is 11.1 Å². The fourth-order valence-corrected chi connectivity index (χ4v) is 4.18. The van der Waals surface area contributed by atoms with E-state index in [1.807, 2.05) is 64.7 Å². The molecule has 0 saturated carbocycles. The van der Waals surface area contributed by atoms with Gasteiger partial charge in [-0.1, -0.05) is 60.7 Å². The number of carbonyl (C=O) groups is 4. The topological polar surface area (TPSA) is 134 Å². The highest BCUT2D eigenvalue weighted by Crippen LogP contribution is 2.44. The number of carboxylic acids is 1.